The fraction of sp³-hybridized carbons (Fsp3) is 0.429. The van der Waals surface area contributed by atoms with Gasteiger partial charge in [0.1, 0.15) is 6.04 Å². The van der Waals surface area contributed by atoms with Crippen LogP contribution < -0.4 is 10.6 Å². The van der Waals surface area contributed by atoms with E-state index in [-0.39, 0.29) is 17.2 Å². The topological polar surface area (TPSA) is 58.2 Å². The molecule has 0 aromatic heterocycles. The van der Waals surface area contributed by atoms with Gasteiger partial charge in [0.15, 0.2) is 0 Å². The molecule has 0 aliphatic rings. The monoisotopic (exact) mass is 282 g/mol. The molecule has 5 heteroatoms. The lowest BCUT2D eigenvalue weighted by atomic mass is 9.86. The number of rotatable bonds is 3. The van der Waals surface area contributed by atoms with Crippen molar-refractivity contribution in [2.75, 3.05) is 7.05 Å². The summed E-state index contributed by atoms with van der Waals surface area (Å²) in [5, 5.41) is 5.88. The van der Waals surface area contributed by atoms with Crippen LogP contribution in [0.15, 0.2) is 24.3 Å². The van der Waals surface area contributed by atoms with Crippen LogP contribution in [0.2, 0.25) is 5.02 Å². The van der Waals surface area contributed by atoms with Crippen molar-refractivity contribution in [2.45, 2.75) is 26.8 Å². The molecule has 1 aromatic rings. The normalized spacial score (nSPS) is 12.7. The molecule has 0 unspecified atom stereocenters. The van der Waals surface area contributed by atoms with Gasteiger partial charge in [-0.15, -0.1) is 0 Å². The summed E-state index contributed by atoms with van der Waals surface area (Å²) >= 11 is 5.77. The van der Waals surface area contributed by atoms with E-state index >= 15 is 0 Å². The first kappa shape index (κ1) is 15.5. The third-order valence-corrected chi connectivity index (χ3v) is 3.01. The van der Waals surface area contributed by atoms with E-state index in [1.54, 1.807) is 31.3 Å². The van der Waals surface area contributed by atoms with Crippen molar-refractivity contribution in [1.82, 2.24) is 10.6 Å². The van der Waals surface area contributed by atoms with E-state index in [9.17, 15) is 9.59 Å². The van der Waals surface area contributed by atoms with Crippen molar-refractivity contribution in [3.63, 3.8) is 0 Å². The summed E-state index contributed by atoms with van der Waals surface area (Å²) in [5.74, 6) is -0.505. The summed E-state index contributed by atoms with van der Waals surface area (Å²) in [6.45, 7) is 5.69. The molecule has 0 saturated carbocycles. The summed E-state index contributed by atoms with van der Waals surface area (Å²) in [4.78, 5) is 23.9. The Labute approximate surface area is 118 Å². The van der Waals surface area contributed by atoms with Crippen LogP contribution in [0.3, 0.4) is 0 Å². The fourth-order valence-electron chi connectivity index (χ4n) is 1.64. The molecule has 4 nitrogen and oxygen atoms in total. The fourth-order valence-corrected chi connectivity index (χ4v) is 1.76. The molecule has 0 radical (unpaired) electrons. The Bertz CT molecular complexity index is 463. The summed E-state index contributed by atoms with van der Waals surface area (Å²) in [6, 6.07) is 5.94. The van der Waals surface area contributed by atoms with E-state index in [0.717, 1.165) is 0 Å². The maximum absolute atomic E-state index is 12.1. The summed E-state index contributed by atoms with van der Waals surface area (Å²) < 4.78 is 0. The number of amides is 2. The van der Waals surface area contributed by atoms with Gasteiger partial charge in [-0.25, -0.2) is 0 Å². The highest BCUT2D eigenvalue weighted by atomic mass is 35.5. The Hall–Kier alpha value is -1.55. The number of halogens is 1. The number of hydrogen-bond acceptors (Lipinski definition) is 2. The Morgan fingerprint density at radius 1 is 1.16 bits per heavy atom. The van der Waals surface area contributed by atoms with Gasteiger partial charge >= 0.3 is 0 Å². The van der Waals surface area contributed by atoms with Crippen LogP contribution in [-0.2, 0) is 4.79 Å². The van der Waals surface area contributed by atoms with Crippen molar-refractivity contribution in [3.8, 4) is 0 Å². The molecule has 1 aromatic carbocycles. The minimum absolute atomic E-state index is 0.213. The predicted octanol–water partition coefficient (Wildman–Crippen LogP) is 2.23. The second-order valence-electron chi connectivity index (χ2n) is 5.39. The highest BCUT2D eigenvalue weighted by molar-refractivity contribution is 6.30. The van der Waals surface area contributed by atoms with Crippen molar-refractivity contribution in [1.29, 1.82) is 0 Å². The maximum atomic E-state index is 12.1. The van der Waals surface area contributed by atoms with E-state index in [1.165, 1.54) is 0 Å². The van der Waals surface area contributed by atoms with Gasteiger partial charge < -0.3 is 10.6 Å². The molecule has 0 heterocycles. The van der Waals surface area contributed by atoms with Crippen LogP contribution in [-0.4, -0.2) is 24.9 Å². The van der Waals surface area contributed by atoms with E-state index in [2.05, 4.69) is 10.6 Å². The zero-order chi connectivity index (χ0) is 14.6. The number of carbonyl (C=O) groups is 2. The van der Waals surface area contributed by atoms with Gasteiger partial charge in [0.25, 0.3) is 5.91 Å². The zero-order valence-corrected chi connectivity index (χ0v) is 12.3. The van der Waals surface area contributed by atoms with Crippen molar-refractivity contribution in [2.24, 2.45) is 5.41 Å². The summed E-state index contributed by atoms with van der Waals surface area (Å²) in [5.41, 5.74) is 0.102. The van der Waals surface area contributed by atoms with Crippen LogP contribution in [0.25, 0.3) is 0 Å². The molecule has 0 saturated heterocycles. The molecular weight excluding hydrogens is 264 g/mol. The molecular formula is C14H19ClN2O2. The predicted molar refractivity (Wildman–Crippen MR) is 76.2 cm³/mol. The standard InChI is InChI=1S/C14H19ClN2O2/c1-14(2,3)11(13(19)16-4)17-12(18)9-5-7-10(15)8-6-9/h5-8,11H,1-4H3,(H,16,19)(H,17,18)/t11-/m0/s1. The highest BCUT2D eigenvalue weighted by Crippen LogP contribution is 2.20. The van der Waals surface area contributed by atoms with Gasteiger partial charge in [-0.2, -0.15) is 0 Å². The Balaban J connectivity index is 2.88. The first-order valence-corrected chi connectivity index (χ1v) is 6.41. The van der Waals surface area contributed by atoms with Crippen LogP contribution in [0, 0.1) is 5.41 Å². The van der Waals surface area contributed by atoms with Gasteiger partial charge in [-0.1, -0.05) is 32.4 Å². The molecule has 0 fully saturated rings. The highest BCUT2D eigenvalue weighted by Gasteiger charge is 2.32. The number of hydrogen-bond donors (Lipinski definition) is 2. The van der Waals surface area contributed by atoms with Gasteiger partial charge in [0.05, 0.1) is 0 Å². The quantitative estimate of drug-likeness (QED) is 0.893. The van der Waals surface area contributed by atoms with E-state index in [4.69, 9.17) is 11.6 Å². The molecule has 0 bridgehead atoms. The van der Waals surface area contributed by atoms with E-state index < -0.39 is 6.04 Å². The summed E-state index contributed by atoms with van der Waals surface area (Å²) in [7, 11) is 1.55. The average Bonchev–Trinajstić information content (AvgIpc) is 2.34. The number of nitrogens with one attached hydrogen (secondary N) is 2. The van der Waals surface area contributed by atoms with Crippen molar-refractivity contribution < 1.29 is 9.59 Å². The Kier molecular flexibility index (Phi) is 4.95. The van der Waals surface area contributed by atoms with E-state index in [0.29, 0.717) is 10.6 Å². The minimum Gasteiger partial charge on any atom is -0.357 e. The molecule has 2 amide bonds. The molecule has 0 aliphatic heterocycles. The van der Waals surface area contributed by atoms with Crippen LogP contribution in [0.1, 0.15) is 31.1 Å². The Morgan fingerprint density at radius 2 is 1.68 bits per heavy atom. The SMILES string of the molecule is CNC(=O)[C@H](NC(=O)c1ccc(Cl)cc1)C(C)(C)C. The third-order valence-electron chi connectivity index (χ3n) is 2.76. The van der Waals surface area contributed by atoms with Crippen LogP contribution >= 0.6 is 11.6 Å². The van der Waals surface area contributed by atoms with Crippen LogP contribution in [0.4, 0.5) is 0 Å². The average molecular weight is 283 g/mol. The lowest BCUT2D eigenvalue weighted by molar-refractivity contribution is -0.124. The van der Waals surface area contributed by atoms with Gasteiger partial charge in [-0.3, -0.25) is 9.59 Å². The largest absolute Gasteiger partial charge is 0.357 e. The zero-order valence-electron chi connectivity index (χ0n) is 11.6. The molecule has 19 heavy (non-hydrogen) atoms. The lowest BCUT2D eigenvalue weighted by Crippen LogP contribution is -2.52. The van der Waals surface area contributed by atoms with Crippen molar-refractivity contribution in [3.05, 3.63) is 34.9 Å². The van der Waals surface area contributed by atoms with Crippen LogP contribution in [0.5, 0.6) is 0 Å². The molecule has 1 rings (SSSR count). The molecule has 104 valence electrons. The third kappa shape index (κ3) is 4.24. The number of carbonyl (C=O) groups excluding carboxylic acids is 2. The second-order valence-corrected chi connectivity index (χ2v) is 5.83. The smallest absolute Gasteiger partial charge is 0.251 e. The van der Waals surface area contributed by atoms with Gasteiger partial charge in [0, 0.05) is 17.6 Å². The lowest BCUT2D eigenvalue weighted by Gasteiger charge is -2.29. The molecule has 1 atom stereocenters. The van der Waals surface area contributed by atoms with Gasteiger partial charge in [0.2, 0.25) is 5.91 Å². The molecule has 2 N–H and O–H groups in total. The molecule has 0 spiro atoms. The summed E-state index contributed by atoms with van der Waals surface area (Å²) in [6.07, 6.45) is 0. The number of benzene rings is 1. The second kappa shape index (κ2) is 6.06. The van der Waals surface area contributed by atoms with E-state index in [1.807, 2.05) is 20.8 Å². The van der Waals surface area contributed by atoms with Gasteiger partial charge in [-0.05, 0) is 29.7 Å². The minimum atomic E-state index is -0.597. The molecule has 0 aliphatic carbocycles. The number of likely N-dealkylation sites (N-methyl/N-ethyl adjacent to an activating group) is 1. The maximum Gasteiger partial charge on any atom is 0.251 e. The first-order valence-electron chi connectivity index (χ1n) is 6.03. The Morgan fingerprint density at radius 3 is 2.11 bits per heavy atom. The van der Waals surface area contributed by atoms with Crippen molar-refractivity contribution >= 4 is 23.4 Å². The first-order chi connectivity index (χ1) is 8.75.